The van der Waals surface area contributed by atoms with Gasteiger partial charge in [0.1, 0.15) is 0 Å². The second-order valence-corrected chi connectivity index (χ2v) is 7.36. The highest BCUT2D eigenvalue weighted by Gasteiger charge is 2.32. The molecular weight excluding hydrogens is 326 g/mol. The van der Waals surface area contributed by atoms with Gasteiger partial charge in [0.2, 0.25) is 5.89 Å². The summed E-state index contributed by atoms with van der Waals surface area (Å²) in [7, 11) is 0. The molecule has 1 saturated heterocycles. The van der Waals surface area contributed by atoms with Crippen LogP contribution < -0.4 is 5.32 Å². The number of carbonyl (C=O) groups is 1. The summed E-state index contributed by atoms with van der Waals surface area (Å²) in [6.45, 7) is 3.89. The highest BCUT2D eigenvalue weighted by atomic mass is 32.1. The van der Waals surface area contributed by atoms with E-state index in [1.54, 1.807) is 11.3 Å². The molecule has 1 saturated carbocycles. The third kappa shape index (κ3) is 3.34. The van der Waals surface area contributed by atoms with Crippen LogP contribution in [-0.4, -0.2) is 38.5 Å². The summed E-state index contributed by atoms with van der Waals surface area (Å²) in [5.41, 5.74) is 1.09. The van der Waals surface area contributed by atoms with Gasteiger partial charge in [0.25, 0.3) is 11.7 Å². The van der Waals surface area contributed by atoms with Crippen molar-refractivity contribution in [2.24, 2.45) is 0 Å². The zero-order valence-electron chi connectivity index (χ0n) is 13.7. The van der Waals surface area contributed by atoms with Gasteiger partial charge >= 0.3 is 0 Å². The monoisotopic (exact) mass is 347 g/mol. The second kappa shape index (κ2) is 6.60. The Hall–Kier alpha value is -1.80. The molecule has 2 fully saturated rings. The summed E-state index contributed by atoms with van der Waals surface area (Å²) in [5, 5.41) is 10.0. The van der Waals surface area contributed by atoms with Crippen LogP contribution in [0.15, 0.2) is 9.90 Å². The number of amides is 1. The molecule has 1 aliphatic heterocycles. The summed E-state index contributed by atoms with van der Waals surface area (Å²) in [5.74, 6) is 0.453. The Balaban J connectivity index is 1.44. The molecule has 2 aliphatic rings. The lowest BCUT2D eigenvalue weighted by Crippen LogP contribution is -2.27. The van der Waals surface area contributed by atoms with Crippen molar-refractivity contribution in [2.45, 2.75) is 57.7 Å². The summed E-state index contributed by atoms with van der Waals surface area (Å²) in [6, 6.07) is 0.367. The van der Waals surface area contributed by atoms with E-state index in [1.807, 2.05) is 0 Å². The fraction of sp³-hybridized carbons (Fsp3) is 0.625. The molecule has 1 N–H and O–H groups in total. The molecule has 2 aromatic heterocycles. The number of hydrogen-bond donors (Lipinski definition) is 1. The van der Waals surface area contributed by atoms with Gasteiger partial charge < -0.3 is 9.84 Å². The average Bonchev–Trinajstić information content (AvgIpc) is 3.01. The molecular formula is C16H21N5O2S. The Bertz CT molecular complexity index is 724. The first-order valence-electron chi connectivity index (χ1n) is 8.54. The van der Waals surface area contributed by atoms with Crippen molar-refractivity contribution in [3.63, 3.8) is 0 Å². The van der Waals surface area contributed by atoms with Gasteiger partial charge in [-0.25, -0.2) is 4.98 Å². The normalized spacial score (nSPS) is 21.3. The summed E-state index contributed by atoms with van der Waals surface area (Å²) >= 11 is 1.71. The average molecular weight is 347 g/mol. The third-order valence-electron chi connectivity index (χ3n) is 4.47. The van der Waals surface area contributed by atoms with Crippen molar-refractivity contribution in [3.8, 4) is 0 Å². The summed E-state index contributed by atoms with van der Waals surface area (Å²) in [6.07, 6.45) is 5.11. The second-order valence-electron chi connectivity index (χ2n) is 6.42. The molecule has 24 heavy (non-hydrogen) atoms. The Morgan fingerprint density at radius 2 is 2.29 bits per heavy atom. The summed E-state index contributed by atoms with van der Waals surface area (Å²) < 4.78 is 5.38. The first kappa shape index (κ1) is 15.7. The maximum absolute atomic E-state index is 12.0. The van der Waals surface area contributed by atoms with Crippen LogP contribution in [0.1, 0.15) is 65.9 Å². The zero-order valence-corrected chi connectivity index (χ0v) is 14.5. The van der Waals surface area contributed by atoms with E-state index in [9.17, 15) is 4.79 Å². The van der Waals surface area contributed by atoms with Crippen molar-refractivity contribution >= 4 is 17.2 Å². The van der Waals surface area contributed by atoms with E-state index in [-0.39, 0.29) is 17.8 Å². The van der Waals surface area contributed by atoms with Crippen molar-refractivity contribution in [3.05, 3.63) is 27.8 Å². The SMILES string of the molecule is CCc1nc(CN2CCC[C@@H]2c2nc(C(=O)NC3CC3)no2)cs1. The number of aromatic nitrogens is 3. The molecule has 8 heteroatoms. The maximum atomic E-state index is 12.0. The fourth-order valence-electron chi connectivity index (χ4n) is 3.03. The van der Waals surface area contributed by atoms with Crippen molar-refractivity contribution < 1.29 is 9.32 Å². The Kier molecular flexibility index (Phi) is 4.32. The van der Waals surface area contributed by atoms with E-state index in [2.05, 4.69) is 37.6 Å². The number of thiazole rings is 1. The molecule has 0 radical (unpaired) electrons. The molecule has 1 aliphatic carbocycles. The van der Waals surface area contributed by atoms with Crippen LogP contribution in [0.4, 0.5) is 0 Å². The van der Waals surface area contributed by atoms with E-state index in [0.717, 1.165) is 55.9 Å². The maximum Gasteiger partial charge on any atom is 0.292 e. The van der Waals surface area contributed by atoms with Gasteiger partial charge in [0, 0.05) is 18.0 Å². The first-order chi connectivity index (χ1) is 11.7. The lowest BCUT2D eigenvalue weighted by Gasteiger charge is -2.20. The van der Waals surface area contributed by atoms with Crippen LogP contribution >= 0.6 is 11.3 Å². The third-order valence-corrected chi connectivity index (χ3v) is 5.51. The van der Waals surface area contributed by atoms with E-state index in [4.69, 9.17) is 4.52 Å². The van der Waals surface area contributed by atoms with Gasteiger partial charge in [0.05, 0.1) is 16.7 Å². The molecule has 128 valence electrons. The van der Waals surface area contributed by atoms with Gasteiger partial charge in [-0.2, -0.15) is 4.98 Å². The van der Waals surface area contributed by atoms with Crippen LogP contribution in [0.3, 0.4) is 0 Å². The Morgan fingerprint density at radius 1 is 1.42 bits per heavy atom. The van der Waals surface area contributed by atoms with E-state index >= 15 is 0 Å². The number of aryl methyl sites for hydroxylation is 1. The first-order valence-corrected chi connectivity index (χ1v) is 9.42. The van der Waals surface area contributed by atoms with Crippen molar-refractivity contribution in [1.29, 1.82) is 0 Å². The molecule has 1 amide bonds. The molecule has 4 rings (SSSR count). The van der Waals surface area contributed by atoms with Gasteiger partial charge in [-0.3, -0.25) is 9.69 Å². The fourth-order valence-corrected chi connectivity index (χ4v) is 3.76. The lowest BCUT2D eigenvalue weighted by molar-refractivity contribution is 0.0937. The van der Waals surface area contributed by atoms with Gasteiger partial charge in [0.15, 0.2) is 0 Å². The summed E-state index contributed by atoms with van der Waals surface area (Å²) in [4.78, 5) is 23.3. The molecule has 0 aromatic carbocycles. The minimum atomic E-state index is -0.232. The Morgan fingerprint density at radius 3 is 3.04 bits per heavy atom. The molecule has 7 nitrogen and oxygen atoms in total. The van der Waals surface area contributed by atoms with E-state index in [1.165, 1.54) is 0 Å². The number of nitrogens with one attached hydrogen (secondary N) is 1. The van der Waals surface area contributed by atoms with Crippen LogP contribution in [0.5, 0.6) is 0 Å². The zero-order chi connectivity index (χ0) is 16.5. The van der Waals surface area contributed by atoms with Gasteiger partial charge in [-0.15, -0.1) is 11.3 Å². The van der Waals surface area contributed by atoms with Crippen molar-refractivity contribution in [1.82, 2.24) is 25.3 Å². The van der Waals surface area contributed by atoms with Gasteiger partial charge in [-0.05, 0) is 38.6 Å². The Labute approximate surface area is 144 Å². The minimum Gasteiger partial charge on any atom is -0.346 e. The van der Waals surface area contributed by atoms with Gasteiger partial charge in [-0.1, -0.05) is 12.1 Å². The van der Waals surface area contributed by atoms with Crippen LogP contribution in [-0.2, 0) is 13.0 Å². The highest BCUT2D eigenvalue weighted by molar-refractivity contribution is 7.09. The standard InChI is InChI=1S/C16H21N5O2S/c1-2-13-17-11(9-24-13)8-21-7-3-4-12(21)16-19-14(20-23-16)15(22)18-10-5-6-10/h9-10,12H,2-8H2,1H3,(H,18,22)/t12-/m1/s1. The number of carbonyl (C=O) groups excluding carboxylic acids is 1. The molecule has 0 spiro atoms. The smallest absolute Gasteiger partial charge is 0.292 e. The van der Waals surface area contributed by atoms with Crippen molar-refractivity contribution in [2.75, 3.05) is 6.54 Å². The van der Waals surface area contributed by atoms with Crippen LogP contribution in [0.25, 0.3) is 0 Å². The van der Waals surface area contributed by atoms with Crippen LogP contribution in [0.2, 0.25) is 0 Å². The predicted octanol–water partition coefficient (Wildman–Crippen LogP) is 2.32. The lowest BCUT2D eigenvalue weighted by atomic mass is 10.2. The minimum absolute atomic E-state index is 0.0757. The topological polar surface area (TPSA) is 84.2 Å². The number of nitrogens with zero attached hydrogens (tertiary/aromatic N) is 4. The molecule has 1 atom stereocenters. The number of hydrogen-bond acceptors (Lipinski definition) is 7. The molecule has 0 bridgehead atoms. The largest absolute Gasteiger partial charge is 0.346 e. The van der Waals surface area contributed by atoms with Crippen LogP contribution in [0, 0.1) is 0 Å². The predicted molar refractivity (Wildman–Crippen MR) is 88.7 cm³/mol. The highest BCUT2D eigenvalue weighted by Crippen LogP contribution is 2.32. The number of likely N-dealkylation sites (tertiary alicyclic amines) is 1. The number of rotatable bonds is 6. The van der Waals surface area contributed by atoms with E-state index in [0.29, 0.717) is 11.9 Å². The molecule has 0 unspecified atom stereocenters. The van der Waals surface area contributed by atoms with E-state index < -0.39 is 0 Å². The molecule has 2 aromatic rings. The quantitative estimate of drug-likeness (QED) is 0.863. The molecule has 3 heterocycles.